The van der Waals surface area contributed by atoms with Gasteiger partial charge >= 0.3 is 0 Å². The van der Waals surface area contributed by atoms with Crippen molar-refractivity contribution in [3.63, 3.8) is 0 Å². The van der Waals surface area contributed by atoms with Crippen molar-refractivity contribution < 1.29 is 38.5 Å². The van der Waals surface area contributed by atoms with Gasteiger partial charge in [0.15, 0.2) is 11.5 Å². The van der Waals surface area contributed by atoms with Crippen molar-refractivity contribution in [2.75, 3.05) is 20.8 Å². The number of aliphatic hydroxyl groups is 1. The zero-order chi connectivity index (χ0) is 30.5. The van der Waals surface area contributed by atoms with E-state index < -0.39 is 86.3 Å². The first kappa shape index (κ1) is 7.58. The summed E-state index contributed by atoms with van der Waals surface area (Å²) < 4.78 is 128. The van der Waals surface area contributed by atoms with Crippen molar-refractivity contribution in [1.29, 1.82) is 0 Å². The molecule has 0 aliphatic rings. The molecular weight excluding hydrogens is 316 g/mol. The Kier molecular flexibility index (Phi) is 3.02. The van der Waals surface area contributed by atoms with Crippen molar-refractivity contribution in [3.8, 4) is 17.2 Å². The van der Waals surface area contributed by atoms with Gasteiger partial charge in [-0.2, -0.15) is 0 Å². The van der Waals surface area contributed by atoms with Crippen LogP contribution in [0.5, 0.6) is 17.2 Å². The highest BCUT2D eigenvalue weighted by Gasteiger charge is 2.07. The summed E-state index contributed by atoms with van der Waals surface area (Å²) in [5, 5.41) is 10.7. The summed E-state index contributed by atoms with van der Waals surface area (Å²) in [6.07, 6.45) is -12.2. The van der Waals surface area contributed by atoms with E-state index in [-0.39, 0.29) is 22.6 Å². The molecule has 0 bridgehead atoms. The fraction of sp³-hybridized carbons (Fsp3) is 0.429. The molecule has 2 rings (SSSR count). The van der Waals surface area contributed by atoms with E-state index in [2.05, 4.69) is 0 Å². The predicted molar refractivity (Wildman–Crippen MR) is 99.8 cm³/mol. The lowest BCUT2D eigenvalue weighted by Gasteiger charge is -2.13. The predicted octanol–water partition coefficient (Wildman–Crippen LogP) is 4.16. The summed E-state index contributed by atoms with van der Waals surface area (Å²) in [6.45, 7) is -2.46. The van der Waals surface area contributed by atoms with Crippen LogP contribution in [-0.2, 0) is 6.42 Å². The smallest absolute Gasteiger partial charge is 0.160 e. The SMILES string of the molecule is [2H]c1c([2H])c(C)c([2H])c(OC([2H])([2H])C([2H])(O)C([2H])([2H])CC([2H])([2H])Cc2c([2H])c([2H])c(OC)c(OC)c2[2H])c1[2H]. The summed E-state index contributed by atoms with van der Waals surface area (Å²) in [5.41, 5.74) is -0.506. The van der Waals surface area contributed by atoms with E-state index in [1.54, 1.807) is 0 Å². The molecule has 0 aromatic heterocycles. The monoisotopic (exact) mass is 358 g/mol. The normalized spacial score (nSPS) is 22.9. The van der Waals surface area contributed by atoms with E-state index in [0.717, 1.165) is 0 Å². The molecule has 1 N–H and O–H groups in total. The molecular formula is C21H28O4. The second kappa shape index (κ2) is 9.94. The van der Waals surface area contributed by atoms with Crippen LogP contribution in [-0.4, -0.2) is 32.0 Å². The number of ether oxygens (including phenoxy) is 3. The maximum atomic E-state index is 10.7. The maximum absolute atomic E-state index is 10.7. The lowest BCUT2D eigenvalue weighted by atomic mass is 10.0. The maximum Gasteiger partial charge on any atom is 0.160 e. The molecule has 0 saturated carbocycles. The van der Waals surface area contributed by atoms with Gasteiger partial charge in [-0.1, -0.05) is 24.5 Å². The zero-order valence-corrected chi connectivity index (χ0v) is 14.1. The van der Waals surface area contributed by atoms with Gasteiger partial charge in [-0.3, -0.25) is 0 Å². The van der Waals surface area contributed by atoms with Gasteiger partial charge in [-0.05, 0) is 61.4 Å². The summed E-state index contributed by atoms with van der Waals surface area (Å²) in [5.74, 6) is -1.40. The Morgan fingerprint density at radius 3 is 2.72 bits per heavy atom. The van der Waals surface area contributed by atoms with E-state index in [1.165, 1.54) is 21.1 Å². The molecule has 2 aromatic rings. The largest absolute Gasteiger partial charge is 0.493 e. The molecule has 25 heavy (non-hydrogen) atoms. The first-order chi connectivity index (χ1) is 17.6. The zero-order valence-electron chi connectivity index (χ0n) is 28.1. The third-order valence-electron chi connectivity index (χ3n) is 2.87. The van der Waals surface area contributed by atoms with Crippen LogP contribution in [0.3, 0.4) is 0 Å². The van der Waals surface area contributed by atoms with Crippen molar-refractivity contribution in [1.82, 2.24) is 0 Å². The minimum absolute atomic E-state index is 0.157. The Morgan fingerprint density at radius 1 is 1.16 bits per heavy atom. The summed E-state index contributed by atoms with van der Waals surface area (Å²) in [6, 6.07) is -4.38. The fourth-order valence-corrected chi connectivity index (χ4v) is 1.72. The molecule has 0 fully saturated rings. The molecule has 0 radical (unpaired) electrons. The highest BCUT2D eigenvalue weighted by Crippen LogP contribution is 2.28. The van der Waals surface area contributed by atoms with E-state index in [4.69, 9.17) is 33.4 Å². The van der Waals surface area contributed by atoms with Gasteiger partial charge in [-0.15, -0.1) is 0 Å². The average molecular weight is 359 g/mol. The third kappa shape index (κ3) is 6.31. The number of benzene rings is 2. The average Bonchev–Trinajstić information content (AvgIpc) is 2.83. The Hall–Kier alpha value is -2.20. The highest BCUT2D eigenvalue weighted by molar-refractivity contribution is 5.42. The van der Waals surface area contributed by atoms with Crippen LogP contribution >= 0.6 is 0 Å². The van der Waals surface area contributed by atoms with Crippen LogP contribution in [0.25, 0.3) is 0 Å². The van der Waals surface area contributed by atoms with E-state index in [9.17, 15) is 5.11 Å². The molecule has 2 aromatic carbocycles. The van der Waals surface area contributed by atoms with Gasteiger partial charge in [0.1, 0.15) is 12.3 Å². The molecule has 0 aliphatic carbocycles. The number of rotatable bonds is 10. The quantitative estimate of drug-likeness (QED) is 0.693. The van der Waals surface area contributed by atoms with Crippen LogP contribution in [0.15, 0.2) is 42.3 Å². The van der Waals surface area contributed by atoms with Crippen LogP contribution in [0.2, 0.25) is 0 Å². The van der Waals surface area contributed by atoms with Gasteiger partial charge < -0.3 is 19.3 Å². The Morgan fingerprint density at radius 2 is 1.96 bits per heavy atom. The van der Waals surface area contributed by atoms with Crippen molar-refractivity contribution in [2.24, 2.45) is 0 Å². The minimum Gasteiger partial charge on any atom is -0.493 e. The second-order valence-electron chi connectivity index (χ2n) is 4.71. The third-order valence-corrected chi connectivity index (χ3v) is 2.87. The van der Waals surface area contributed by atoms with Gasteiger partial charge in [0, 0.05) is 5.48 Å². The van der Waals surface area contributed by atoms with Crippen LogP contribution in [0.4, 0.5) is 0 Å². The molecule has 1 atom stereocenters. The van der Waals surface area contributed by atoms with Crippen LogP contribution < -0.4 is 14.2 Å². The first-order valence-corrected chi connectivity index (χ1v) is 7.27. The highest BCUT2D eigenvalue weighted by atomic mass is 16.5. The van der Waals surface area contributed by atoms with Crippen LogP contribution in [0, 0.1) is 6.92 Å². The molecule has 4 heteroatoms. The molecule has 0 spiro atoms. The molecule has 0 amide bonds. The topological polar surface area (TPSA) is 47.9 Å². The standard InChI is InChI=1S/C21H28O4/c1-16-7-6-10-19(13-16)25-15-18(22)9-5-4-8-17-11-12-20(23-2)21(14-17)24-3/h6-7,10-14,18,22H,4-5,8-9,15H2,1-3H3/i4D2,6D,7D,9D2,10D,11D,12D,13D,14D,15D2,18D. The number of hydrogen-bond donors (Lipinski definition) is 1. The van der Waals surface area contributed by atoms with Crippen molar-refractivity contribution >= 4 is 0 Å². The number of hydrogen-bond acceptors (Lipinski definition) is 4. The van der Waals surface area contributed by atoms with Gasteiger partial charge in [0.05, 0.1) is 34.0 Å². The van der Waals surface area contributed by atoms with Gasteiger partial charge in [-0.25, -0.2) is 0 Å². The lowest BCUT2D eigenvalue weighted by molar-refractivity contribution is 0.0976. The summed E-state index contributed by atoms with van der Waals surface area (Å²) >= 11 is 0. The summed E-state index contributed by atoms with van der Waals surface area (Å²) in [7, 11) is 2.36. The minimum atomic E-state index is -3.85. The molecule has 0 heterocycles. The van der Waals surface area contributed by atoms with Crippen molar-refractivity contribution in [2.45, 2.75) is 38.6 Å². The van der Waals surface area contributed by atoms with Crippen molar-refractivity contribution in [3.05, 3.63) is 53.4 Å². The van der Waals surface area contributed by atoms with Gasteiger partial charge in [0.2, 0.25) is 0 Å². The van der Waals surface area contributed by atoms with E-state index in [1.807, 2.05) is 0 Å². The van der Waals surface area contributed by atoms with E-state index in [0.29, 0.717) is 0 Å². The summed E-state index contributed by atoms with van der Waals surface area (Å²) in [4.78, 5) is 0. The molecule has 4 nitrogen and oxygen atoms in total. The molecule has 1 unspecified atom stereocenters. The Bertz CT molecular complexity index is 1230. The second-order valence-corrected chi connectivity index (χ2v) is 4.71. The molecule has 0 saturated heterocycles. The van der Waals surface area contributed by atoms with Crippen LogP contribution in [0.1, 0.15) is 49.5 Å². The fourth-order valence-electron chi connectivity index (χ4n) is 1.72. The number of methoxy groups -OCH3 is 2. The van der Waals surface area contributed by atoms with Gasteiger partial charge in [0.25, 0.3) is 0 Å². The Balaban J connectivity index is 2.47. The molecule has 0 aliphatic heterocycles. The lowest BCUT2D eigenvalue weighted by Crippen LogP contribution is -2.17. The first-order valence-electron chi connectivity index (χ1n) is 14.3. The molecule has 136 valence electrons. The van der Waals surface area contributed by atoms with E-state index >= 15 is 0 Å². The Labute approximate surface area is 170 Å².